The van der Waals surface area contributed by atoms with Crippen LogP contribution >= 0.6 is 0 Å². The average Bonchev–Trinajstić information content (AvgIpc) is 2.59. The molecule has 0 saturated carbocycles. The van der Waals surface area contributed by atoms with Gasteiger partial charge in [0.2, 0.25) is 15.9 Å². The molecule has 2 rings (SSSR count). The number of amides is 1. The first-order chi connectivity index (χ1) is 11.0. The van der Waals surface area contributed by atoms with Crippen molar-refractivity contribution in [3.63, 3.8) is 0 Å². The second-order valence-electron chi connectivity index (χ2n) is 4.83. The summed E-state index contributed by atoms with van der Waals surface area (Å²) in [5.74, 6) is -0.216. The molecule has 6 heteroatoms. The van der Waals surface area contributed by atoms with E-state index in [1.54, 1.807) is 25.3 Å². The molecular formula is C17H18N2O3S. The largest absolute Gasteiger partial charge is 0.356 e. The Morgan fingerprint density at radius 2 is 1.70 bits per heavy atom. The van der Waals surface area contributed by atoms with Crippen molar-refractivity contribution in [1.29, 1.82) is 0 Å². The van der Waals surface area contributed by atoms with Gasteiger partial charge < -0.3 is 5.32 Å². The van der Waals surface area contributed by atoms with Crippen molar-refractivity contribution >= 4 is 22.0 Å². The van der Waals surface area contributed by atoms with E-state index in [1.807, 2.05) is 30.3 Å². The fourth-order valence-electron chi connectivity index (χ4n) is 1.87. The van der Waals surface area contributed by atoms with Crippen molar-refractivity contribution in [2.45, 2.75) is 11.4 Å². The molecule has 0 fully saturated rings. The zero-order chi connectivity index (χ0) is 16.7. The Hall–Kier alpha value is -2.44. The van der Waals surface area contributed by atoms with Crippen LogP contribution in [-0.4, -0.2) is 21.4 Å². The van der Waals surface area contributed by atoms with Crippen molar-refractivity contribution in [2.75, 3.05) is 7.05 Å². The zero-order valence-corrected chi connectivity index (χ0v) is 13.5. The monoisotopic (exact) mass is 330 g/mol. The van der Waals surface area contributed by atoms with E-state index in [4.69, 9.17) is 0 Å². The molecule has 0 bridgehead atoms. The molecule has 0 unspecified atom stereocenters. The molecule has 0 atom stereocenters. The number of sulfonamides is 1. The molecule has 0 heterocycles. The highest BCUT2D eigenvalue weighted by molar-refractivity contribution is 7.89. The van der Waals surface area contributed by atoms with Gasteiger partial charge in [0.25, 0.3) is 0 Å². The van der Waals surface area contributed by atoms with E-state index in [-0.39, 0.29) is 17.3 Å². The summed E-state index contributed by atoms with van der Waals surface area (Å²) in [6, 6.07) is 15.6. The standard InChI is InChI=1S/C17H18N2O3S/c1-18-17(20)12-9-14-7-10-16(11-8-14)23(21,22)19-13-15-5-3-2-4-6-15/h2-12,19H,13H2,1H3,(H,18,20). The van der Waals surface area contributed by atoms with E-state index >= 15 is 0 Å². The number of carbonyl (C=O) groups is 1. The lowest BCUT2D eigenvalue weighted by Crippen LogP contribution is -2.23. The zero-order valence-electron chi connectivity index (χ0n) is 12.7. The Morgan fingerprint density at radius 3 is 2.30 bits per heavy atom. The lowest BCUT2D eigenvalue weighted by molar-refractivity contribution is -0.115. The maximum absolute atomic E-state index is 12.2. The van der Waals surface area contributed by atoms with Gasteiger partial charge in [0, 0.05) is 19.7 Å². The first kappa shape index (κ1) is 16.9. The minimum Gasteiger partial charge on any atom is -0.356 e. The van der Waals surface area contributed by atoms with Gasteiger partial charge in [-0.1, -0.05) is 42.5 Å². The van der Waals surface area contributed by atoms with E-state index < -0.39 is 10.0 Å². The van der Waals surface area contributed by atoms with Crippen LogP contribution in [0.5, 0.6) is 0 Å². The van der Waals surface area contributed by atoms with Crippen LogP contribution < -0.4 is 10.0 Å². The highest BCUT2D eigenvalue weighted by Gasteiger charge is 2.13. The molecular weight excluding hydrogens is 312 g/mol. The molecule has 0 radical (unpaired) electrons. The third-order valence-electron chi connectivity index (χ3n) is 3.17. The van der Waals surface area contributed by atoms with E-state index in [1.165, 1.54) is 18.2 Å². The number of hydrogen-bond acceptors (Lipinski definition) is 3. The Bertz CT molecular complexity index is 782. The van der Waals surface area contributed by atoms with E-state index in [9.17, 15) is 13.2 Å². The summed E-state index contributed by atoms with van der Waals surface area (Å²) in [5.41, 5.74) is 1.64. The van der Waals surface area contributed by atoms with Crippen LogP contribution in [0, 0.1) is 0 Å². The molecule has 23 heavy (non-hydrogen) atoms. The van der Waals surface area contributed by atoms with Crippen LogP contribution in [0.3, 0.4) is 0 Å². The molecule has 2 N–H and O–H groups in total. The SMILES string of the molecule is CNC(=O)C=Cc1ccc(S(=O)(=O)NCc2ccccc2)cc1. The number of carbonyl (C=O) groups excluding carboxylic acids is 1. The van der Waals surface area contributed by atoms with Crippen molar-refractivity contribution in [3.8, 4) is 0 Å². The summed E-state index contributed by atoms with van der Waals surface area (Å²) < 4.78 is 27.0. The van der Waals surface area contributed by atoms with Gasteiger partial charge in [0.15, 0.2) is 0 Å². The van der Waals surface area contributed by atoms with Crippen LogP contribution in [0.15, 0.2) is 65.6 Å². The molecule has 2 aromatic rings. The predicted octanol–water partition coefficient (Wildman–Crippen LogP) is 1.92. The first-order valence-corrected chi connectivity index (χ1v) is 8.53. The number of hydrogen-bond donors (Lipinski definition) is 2. The maximum Gasteiger partial charge on any atom is 0.243 e. The topological polar surface area (TPSA) is 75.3 Å². The Kier molecular flexibility index (Phi) is 5.67. The minimum absolute atomic E-state index is 0.186. The summed E-state index contributed by atoms with van der Waals surface area (Å²) in [4.78, 5) is 11.3. The van der Waals surface area contributed by atoms with E-state index in [2.05, 4.69) is 10.0 Å². The number of likely N-dealkylation sites (N-methyl/N-ethyl adjacent to an activating group) is 1. The van der Waals surface area contributed by atoms with Crippen molar-refractivity contribution in [2.24, 2.45) is 0 Å². The van der Waals surface area contributed by atoms with Gasteiger partial charge in [-0.15, -0.1) is 0 Å². The van der Waals surface area contributed by atoms with E-state index in [0.717, 1.165) is 11.1 Å². The van der Waals surface area contributed by atoms with Gasteiger partial charge in [-0.05, 0) is 29.3 Å². The highest BCUT2D eigenvalue weighted by atomic mass is 32.2. The molecule has 0 saturated heterocycles. The van der Waals surface area contributed by atoms with Crippen LogP contribution in [0.2, 0.25) is 0 Å². The molecule has 0 spiro atoms. The molecule has 2 aromatic carbocycles. The van der Waals surface area contributed by atoms with Crippen LogP contribution in [0.1, 0.15) is 11.1 Å². The van der Waals surface area contributed by atoms with Gasteiger partial charge in [-0.25, -0.2) is 13.1 Å². The van der Waals surface area contributed by atoms with Crippen LogP contribution in [0.25, 0.3) is 6.08 Å². The molecule has 0 aliphatic carbocycles. The summed E-state index contributed by atoms with van der Waals surface area (Å²) >= 11 is 0. The average molecular weight is 330 g/mol. The summed E-state index contributed by atoms with van der Waals surface area (Å²) in [7, 11) is -2.02. The van der Waals surface area contributed by atoms with Gasteiger partial charge in [-0.2, -0.15) is 0 Å². The Balaban J connectivity index is 2.05. The van der Waals surface area contributed by atoms with Gasteiger partial charge in [-0.3, -0.25) is 4.79 Å². The lowest BCUT2D eigenvalue weighted by atomic mass is 10.2. The molecule has 0 aliphatic heterocycles. The molecule has 1 amide bonds. The summed E-state index contributed by atoms with van der Waals surface area (Å²) in [5, 5.41) is 2.47. The summed E-state index contributed by atoms with van der Waals surface area (Å²) in [6.07, 6.45) is 3.00. The van der Waals surface area contributed by atoms with Gasteiger partial charge in [0.1, 0.15) is 0 Å². The van der Waals surface area contributed by atoms with Crippen molar-refractivity contribution < 1.29 is 13.2 Å². The summed E-state index contributed by atoms with van der Waals surface area (Å²) in [6.45, 7) is 0.238. The van der Waals surface area contributed by atoms with Crippen molar-refractivity contribution in [1.82, 2.24) is 10.0 Å². The number of benzene rings is 2. The number of rotatable bonds is 6. The fraction of sp³-hybridized carbons (Fsp3) is 0.118. The second-order valence-corrected chi connectivity index (χ2v) is 6.59. The third-order valence-corrected chi connectivity index (χ3v) is 4.59. The van der Waals surface area contributed by atoms with Gasteiger partial charge >= 0.3 is 0 Å². The molecule has 120 valence electrons. The van der Waals surface area contributed by atoms with Gasteiger partial charge in [0.05, 0.1) is 4.90 Å². The number of nitrogens with one attached hydrogen (secondary N) is 2. The van der Waals surface area contributed by atoms with Crippen molar-refractivity contribution in [3.05, 3.63) is 71.8 Å². The fourth-order valence-corrected chi connectivity index (χ4v) is 2.89. The first-order valence-electron chi connectivity index (χ1n) is 7.05. The smallest absolute Gasteiger partial charge is 0.243 e. The molecule has 0 aliphatic rings. The van der Waals surface area contributed by atoms with E-state index in [0.29, 0.717) is 0 Å². The normalized spacial score (nSPS) is 11.5. The Morgan fingerprint density at radius 1 is 1.04 bits per heavy atom. The second kappa shape index (κ2) is 7.71. The lowest BCUT2D eigenvalue weighted by Gasteiger charge is -2.07. The highest BCUT2D eigenvalue weighted by Crippen LogP contribution is 2.12. The minimum atomic E-state index is -3.56. The Labute approximate surface area is 136 Å². The molecule has 5 nitrogen and oxygen atoms in total. The third kappa shape index (κ3) is 5.05. The quantitative estimate of drug-likeness (QED) is 0.795. The predicted molar refractivity (Wildman–Crippen MR) is 90.0 cm³/mol. The molecule has 0 aromatic heterocycles. The maximum atomic E-state index is 12.2. The van der Waals surface area contributed by atoms with Crippen LogP contribution in [-0.2, 0) is 21.4 Å². The van der Waals surface area contributed by atoms with Crippen LogP contribution in [0.4, 0.5) is 0 Å².